The zero-order chi connectivity index (χ0) is 13.1. The molecule has 0 saturated heterocycles. The van der Waals surface area contributed by atoms with Crippen molar-refractivity contribution in [2.45, 2.75) is 13.8 Å². The topological polar surface area (TPSA) is 59.0 Å². The summed E-state index contributed by atoms with van der Waals surface area (Å²) in [5.74, 6) is 0.789. The molecule has 4 heteroatoms. The minimum absolute atomic E-state index is 0.546. The van der Waals surface area contributed by atoms with Crippen molar-refractivity contribution in [3.63, 3.8) is 0 Å². The van der Waals surface area contributed by atoms with Crippen LogP contribution in [0.2, 0.25) is 0 Å². The van der Waals surface area contributed by atoms with E-state index in [-0.39, 0.29) is 0 Å². The van der Waals surface area contributed by atoms with Crippen LogP contribution in [0.5, 0.6) is 5.75 Å². The zero-order valence-corrected chi connectivity index (χ0v) is 11.2. The molecule has 0 aliphatic rings. The molecular weight excluding hydrogens is 244 g/mol. The second-order valence-electron chi connectivity index (χ2n) is 3.81. The molecular formula is C14H14N2OS. The summed E-state index contributed by atoms with van der Waals surface area (Å²) < 4.78 is 5.61. The molecule has 18 heavy (non-hydrogen) atoms. The Bertz CT molecular complexity index is 611. The lowest BCUT2D eigenvalue weighted by atomic mass is 10.0. The number of nitrogens with zero attached hydrogens (tertiary/aromatic N) is 1. The highest BCUT2D eigenvalue weighted by Gasteiger charge is 2.18. The Hall–Kier alpha value is -1.99. The highest BCUT2D eigenvalue weighted by atomic mass is 32.1. The molecule has 0 amide bonds. The van der Waals surface area contributed by atoms with Crippen molar-refractivity contribution < 1.29 is 4.74 Å². The fraction of sp³-hybridized carbons (Fsp3) is 0.214. The Morgan fingerprint density at radius 1 is 1.39 bits per heavy atom. The Labute approximate surface area is 110 Å². The summed E-state index contributed by atoms with van der Waals surface area (Å²) in [7, 11) is 0. The van der Waals surface area contributed by atoms with Crippen LogP contribution in [-0.4, -0.2) is 6.61 Å². The molecule has 0 aliphatic carbocycles. The Morgan fingerprint density at radius 3 is 2.78 bits per heavy atom. The number of para-hydroxylation sites is 1. The molecule has 0 spiro atoms. The van der Waals surface area contributed by atoms with Gasteiger partial charge in [0.25, 0.3) is 0 Å². The van der Waals surface area contributed by atoms with Gasteiger partial charge in [0.1, 0.15) is 16.8 Å². The maximum Gasteiger partial charge on any atom is 0.127 e. The van der Waals surface area contributed by atoms with Gasteiger partial charge in [-0.05, 0) is 19.9 Å². The summed E-state index contributed by atoms with van der Waals surface area (Å²) in [4.78, 5) is 1.04. The van der Waals surface area contributed by atoms with Crippen LogP contribution in [-0.2, 0) is 0 Å². The van der Waals surface area contributed by atoms with E-state index < -0.39 is 0 Å². The van der Waals surface area contributed by atoms with E-state index in [1.807, 2.05) is 38.1 Å². The lowest BCUT2D eigenvalue weighted by Gasteiger charge is -2.10. The van der Waals surface area contributed by atoms with Crippen LogP contribution in [0.1, 0.15) is 17.4 Å². The number of hydrogen-bond donors (Lipinski definition) is 1. The third kappa shape index (κ3) is 2.05. The van der Waals surface area contributed by atoms with E-state index in [9.17, 15) is 5.26 Å². The molecule has 2 rings (SSSR count). The zero-order valence-electron chi connectivity index (χ0n) is 10.4. The smallest absolute Gasteiger partial charge is 0.127 e. The summed E-state index contributed by atoms with van der Waals surface area (Å²) in [5.41, 5.74) is 8.24. The third-order valence-corrected chi connectivity index (χ3v) is 3.61. The summed E-state index contributed by atoms with van der Waals surface area (Å²) in [6.45, 7) is 4.51. The molecule has 0 saturated carbocycles. The Morgan fingerprint density at radius 2 is 2.11 bits per heavy atom. The summed E-state index contributed by atoms with van der Waals surface area (Å²) >= 11 is 1.44. The van der Waals surface area contributed by atoms with Gasteiger partial charge < -0.3 is 10.5 Å². The van der Waals surface area contributed by atoms with Gasteiger partial charge in [0.05, 0.1) is 12.2 Å². The number of nitrogen functional groups attached to an aromatic ring is 1. The van der Waals surface area contributed by atoms with Gasteiger partial charge in [0.15, 0.2) is 0 Å². The molecule has 2 aromatic rings. The SMILES string of the molecule is CCOc1ccccc1-c1c(C)sc(N)c1C#N. The van der Waals surface area contributed by atoms with Crippen LogP contribution in [0.15, 0.2) is 24.3 Å². The molecule has 2 N–H and O–H groups in total. The van der Waals surface area contributed by atoms with Gasteiger partial charge in [-0.1, -0.05) is 18.2 Å². The summed E-state index contributed by atoms with van der Waals surface area (Å²) in [6, 6.07) is 9.91. The van der Waals surface area contributed by atoms with E-state index in [2.05, 4.69) is 6.07 Å². The predicted octanol–water partition coefficient (Wildman–Crippen LogP) is 3.58. The van der Waals surface area contributed by atoms with Crippen molar-refractivity contribution in [2.75, 3.05) is 12.3 Å². The van der Waals surface area contributed by atoms with Crippen molar-refractivity contribution in [2.24, 2.45) is 0 Å². The van der Waals surface area contributed by atoms with Crippen LogP contribution < -0.4 is 10.5 Å². The maximum atomic E-state index is 9.23. The van der Waals surface area contributed by atoms with Crippen LogP contribution in [0, 0.1) is 18.3 Å². The van der Waals surface area contributed by atoms with E-state index in [1.165, 1.54) is 11.3 Å². The quantitative estimate of drug-likeness (QED) is 0.915. The van der Waals surface area contributed by atoms with Gasteiger partial charge in [-0.25, -0.2) is 0 Å². The fourth-order valence-corrected chi connectivity index (χ4v) is 2.85. The normalized spacial score (nSPS) is 10.1. The van der Waals surface area contributed by atoms with Gasteiger partial charge in [0.2, 0.25) is 0 Å². The Balaban J connectivity index is 2.66. The monoisotopic (exact) mass is 258 g/mol. The first kappa shape index (κ1) is 12.5. The number of benzene rings is 1. The molecule has 0 unspecified atom stereocenters. The van der Waals surface area contributed by atoms with E-state index >= 15 is 0 Å². The first-order chi connectivity index (χ1) is 8.69. The number of thiophene rings is 1. The van der Waals surface area contributed by atoms with E-state index in [0.717, 1.165) is 21.8 Å². The minimum Gasteiger partial charge on any atom is -0.493 e. The molecule has 0 aliphatic heterocycles. The number of aryl methyl sites for hydroxylation is 1. The lowest BCUT2D eigenvalue weighted by Crippen LogP contribution is -1.95. The van der Waals surface area contributed by atoms with E-state index in [4.69, 9.17) is 10.5 Å². The van der Waals surface area contributed by atoms with Crippen LogP contribution in [0.3, 0.4) is 0 Å². The average molecular weight is 258 g/mol. The van der Waals surface area contributed by atoms with Crippen molar-refractivity contribution >= 4 is 16.3 Å². The van der Waals surface area contributed by atoms with Crippen LogP contribution >= 0.6 is 11.3 Å². The molecule has 0 bridgehead atoms. The van der Waals surface area contributed by atoms with Crippen molar-refractivity contribution in [1.82, 2.24) is 0 Å². The number of nitrogens with two attached hydrogens (primary N) is 1. The van der Waals surface area contributed by atoms with Crippen LogP contribution in [0.25, 0.3) is 11.1 Å². The Kier molecular flexibility index (Phi) is 3.54. The van der Waals surface area contributed by atoms with Crippen LogP contribution in [0.4, 0.5) is 5.00 Å². The number of hydrogen-bond acceptors (Lipinski definition) is 4. The first-order valence-electron chi connectivity index (χ1n) is 5.70. The van der Waals surface area contributed by atoms with Crippen molar-refractivity contribution in [3.8, 4) is 22.9 Å². The molecule has 1 aromatic heterocycles. The third-order valence-electron chi connectivity index (χ3n) is 2.68. The second-order valence-corrected chi connectivity index (χ2v) is 5.07. The first-order valence-corrected chi connectivity index (χ1v) is 6.51. The lowest BCUT2D eigenvalue weighted by molar-refractivity contribution is 0.341. The minimum atomic E-state index is 0.546. The summed E-state index contributed by atoms with van der Waals surface area (Å²) in [6.07, 6.45) is 0. The molecule has 0 radical (unpaired) electrons. The highest BCUT2D eigenvalue weighted by molar-refractivity contribution is 7.16. The van der Waals surface area contributed by atoms with Crippen molar-refractivity contribution in [3.05, 3.63) is 34.7 Å². The predicted molar refractivity (Wildman–Crippen MR) is 74.8 cm³/mol. The molecule has 0 fully saturated rings. The summed E-state index contributed by atoms with van der Waals surface area (Å²) in [5, 5.41) is 9.80. The molecule has 1 heterocycles. The number of anilines is 1. The molecule has 3 nitrogen and oxygen atoms in total. The fourth-order valence-electron chi connectivity index (χ4n) is 1.96. The molecule has 1 aromatic carbocycles. The van der Waals surface area contributed by atoms with Gasteiger partial charge in [0, 0.05) is 16.0 Å². The number of ether oxygens (including phenoxy) is 1. The van der Waals surface area contributed by atoms with Gasteiger partial charge in [-0.15, -0.1) is 11.3 Å². The second kappa shape index (κ2) is 5.11. The van der Waals surface area contributed by atoms with E-state index in [1.54, 1.807) is 0 Å². The van der Waals surface area contributed by atoms with E-state index in [0.29, 0.717) is 17.2 Å². The number of rotatable bonds is 3. The molecule has 0 atom stereocenters. The maximum absolute atomic E-state index is 9.23. The highest BCUT2D eigenvalue weighted by Crippen LogP contribution is 2.41. The standard InChI is InChI=1S/C14H14N2OS/c1-3-17-12-7-5-4-6-10(12)13-9(2)18-14(16)11(13)8-15/h4-7H,3,16H2,1-2H3. The number of nitriles is 1. The van der Waals surface area contributed by atoms with Gasteiger partial charge in [-0.2, -0.15) is 5.26 Å². The van der Waals surface area contributed by atoms with Gasteiger partial charge in [-0.3, -0.25) is 0 Å². The van der Waals surface area contributed by atoms with Crippen molar-refractivity contribution in [1.29, 1.82) is 5.26 Å². The molecule has 92 valence electrons. The average Bonchev–Trinajstić information content (AvgIpc) is 2.64. The van der Waals surface area contributed by atoms with Gasteiger partial charge >= 0.3 is 0 Å². The largest absolute Gasteiger partial charge is 0.493 e.